The van der Waals surface area contributed by atoms with Gasteiger partial charge in [-0.15, -0.1) is 0 Å². The number of hydrogen-bond acceptors (Lipinski definition) is 8. The van der Waals surface area contributed by atoms with Crippen LogP contribution in [0, 0.1) is 0 Å². The third-order valence-corrected chi connectivity index (χ3v) is 7.44. The maximum atomic E-state index is 13.4. The van der Waals surface area contributed by atoms with Gasteiger partial charge in [0.05, 0.1) is 33.7 Å². The molecule has 1 fully saturated rings. The van der Waals surface area contributed by atoms with Gasteiger partial charge in [0, 0.05) is 11.8 Å². The van der Waals surface area contributed by atoms with Gasteiger partial charge in [0.1, 0.15) is 17.6 Å². The van der Waals surface area contributed by atoms with Gasteiger partial charge in [-0.1, -0.05) is 17.4 Å². The number of ketones is 1. The Balaban J connectivity index is 1.52. The molecule has 2 aromatic carbocycles. The van der Waals surface area contributed by atoms with Crippen molar-refractivity contribution in [3.05, 3.63) is 88.8 Å². The number of nitrogens with zero attached hydrogens (tertiary/aromatic N) is 3. The maximum absolute atomic E-state index is 13.4. The molecular formula is C27H19N3O6S. The van der Waals surface area contributed by atoms with Gasteiger partial charge >= 0.3 is 11.9 Å². The Morgan fingerprint density at radius 3 is 2.68 bits per heavy atom. The van der Waals surface area contributed by atoms with E-state index in [0.717, 1.165) is 35.5 Å². The Morgan fingerprint density at radius 2 is 1.89 bits per heavy atom. The average Bonchev–Trinajstić information content (AvgIpc) is 3.46. The molecule has 2 aliphatic rings. The second kappa shape index (κ2) is 8.82. The highest BCUT2D eigenvalue weighted by Gasteiger charge is 2.49. The molecule has 10 heteroatoms. The number of ether oxygens (including phenoxy) is 1. The van der Waals surface area contributed by atoms with Gasteiger partial charge in [0.15, 0.2) is 5.13 Å². The molecule has 2 aliphatic heterocycles. The number of carboxylic acid groups (broad SMARTS) is 1. The van der Waals surface area contributed by atoms with Crippen molar-refractivity contribution in [3.8, 4) is 5.75 Å². The van der Waals surface area contributed by atoms with Crippen molar-refractivity contribution in [2.45, 2.75) is 18.9 Å². The third kappa shape index (κ3) is 3.82. The van der Waals surface area contributed by atoms with Crippen LogP contribution in [0.15, 0.2) is 66.4 Å². The number of hydrogen-bond donors (Lipinski definition) is 2. The summed E-state index contributed by atoms with van der Waals surface area (Å²) in [7, 11) is 0. The highest BCUT2D eigenvalue weighted by molar-refractivity contribution is 7.22. The maximum Gasteiger partial charge on any atom is 0.335 e. The molecule has 0 radical (unpaired) electrons. The SMILES string of the molecule is O=C1C(=O)N(c2nc3ccc(C(=O)O)cc3s2)C(c2ccccn2)/C1=C(\O)c1ccc2c(c1)CCCO2. The molecule has 0 spiro atoms. The summed E-state index contributed by atoms with van der Waals surface area (Å²) < 4.78 is 6.21. The van der Waals surface area contributed by atoms with Crippen molar-refractivity contribution in [2.24, 2.45) is 0 Å². The highest BCUT2D eigenvalue weighted by atomic mass is 32.1. The van der Waals surface area contributed by atoms with Crippen LogP contribution in [0.5, 0.6) is 5.75 Å². The predicted molar refractivity (Wildman–Crippen MR) is 136 cm³/mol. The van der Waals surface area contributed by atoms with E-state index in [2.05, 4.69) is 9.97 Å². The summed E-state index contributed by atoms with van der Waals surface area (Å²) in [5.41, 5.74) is 2.18. The van der Waals surface area contributed by atoms with E-state index >= 15 is 0 Å². The number of aromatic carboxylic acids is 1. The first-order valence-electron chi connectivity index (χ1n) is 11.5. The third-order valence-electron chi connectivity index (χ3n) is 6.42. The Bertz CT molecular complexity index is 1630. The fraction of sp³-hybridized carbons (Fsp3) is 0.148. The van der Waals surface area contributed by atoms with Crippen LogP contribution in [0.1, 0.15) is 39.6 Å². The van der Waals surface area contributed by atoms with Gasteiger partial charge in [-0.2, -0.15) is 0 Å². The number of aliphatic hydroxyl groups is 1. The van der Waals surface area contributed by atoms with Crippen molar-refractivity contribution in [3.63, 3.8) is 0 Å². The quantitative estimate of drug-likeness (QED) is 0.234. The lowest BCUT2D eigenvalue weighted by Gasteiger charge is -2.22. The lowest BCUT2D eigenvalue weighted by molar-refractivity contribution is -0.132. The Labute approximate surface area is 214 Å². The topological polar surface area (TPSA) is 130 Å². The van der Waals surface area contributed by atoms with Crippen LogP contribution in [0.25, 0.3) is 16.0 Å². The van der Waals surface area contributed by atoms with E-state index in [9.17, 15) is 24.6 Å². The average molecular weight is 514 g/mol. The van der Waals surface area contributed by atoms with Crippen LogP contribution in [0.4, 0.5) is 5.13 Å². The molecule has 4 aromatic rings. The summed E-state index contributed by atoms with van der Waals surface area (Å²) in [5.74, 6) is -2.36. The molecule has 9 nitrogen and oxygen atoms in total. The number of anilines is 1. The van der Waals surface area contributed by atoms with E-state index < -0.39 is 23.7 Å². The van der Waals surface area contributed by atoms with E-state index in [1.165, 1.54) is 17.0 Å². The number of fused-ring (bicyclic) bond motifs is 2. The Morgan fingerprint density at radius 1 is 1.05 bits per heavy atom. The monoisotopic (exact) mass is 513 g/mol. The normalized spacial score (nSPS) is 18.6. The number of aromatic nitrogens is 2. The molecule has 1 amide bonds. The molecule has 1 saturated heterocycles. The predicted octanol–water partition coefficient (Wildman–Crippen LogP) is 4.34. The summed E-state index contributed by atoms with van der Waals surface area (Å²) in [6.45, 7) is 0.624. The first kappa shape index (κ1) is 22.9. The standard InChI is InChI=1S/C27H19N3O6S/c31-23(15-7-9-19-14(12-15)4-3-11-36-19)21-22(18-5-1-2-10-28-18)30(25(33)24(21)32)27-29-17-8-6-16(26(34)35)13-20(17)37-27/h1-2,5-10,12-13,22,31H,3-4,11H2,(H,34,35)/b23-21+. The number of aryl methyl sites for hydroxylation is 1. The second-order valence-corrected chi connectivity index (χ2v) is 9.69. The number of carbonyl (C=O) groups is 3. The van der Waals surface area contributed by atoms with Gasteiger partial charge in [-0.05, 0) is 66.9 Å². The number of carboxylic acids is 1. The second-order valence-electron chi connectivity index (χ2n) is 8.68. The lowest BCUT2D eigenvalue weighted by atomic mass is 9.96. The molecule has 1 atom stereocenters. The number of carbonyl (C=O) groups excluding carboxylic acids is 2. The van der Waals surface area contributed by atoms with Crippen molar-refractivity contribution >= 4 is 50.1 Å². The van der Waals surface area contributed by atoms with E-state index in [-0.39, 0.29) is 22.0 Å². The van der Waals surface area contributed by atoms with E-state index in [1.807, 2.05) is 0 Å². The van der Waals surface area contributed by atoms with Crippen LogP contribution >= 0.6 is 11.3 Å². The first-order valence-corrected chi connectivity index (χ1v) is 12.4. The first-order chi connectivity index (χ1) is 17.9. The van der Waals surface area contributed by atoms with Gasteiger partial charge in [0.2, 0.25) is 0 Å². The summed E-state index contributed by atoms with van der Waals surface area (Å²) in [6, 6.07) is 13.7. The zero-order chi connectivity index (χ0) is 25.7. The number of rotatable bonds is 4. The van der Waals surface area contributed by atoms with Crippen LogP contribution in [0.3, 0.4) is 0 Å². The molecule has 6 rings (SSSR count). The van der Waals surface area contributed by atoms with Crippen LogP contribution < -0.4 is 9.64 Å². The van der Waals surface area contributed by atoms with Crippen LogP contribution in [-0.4, -0.2) is 44.4 Å². The molecule has 0 bridgehead atoms. The number of amides is 1. The summed E-state index contributed by atoms with van der Waals surface area (Å²) in [4.78, 5) is 48.3. The van der Waals surface area contributed by atoms with E-state index in [4.69, 9.17) is 4.74 Å². The summed E-state index contributed by atoms with van der Waals surface area (Å²) >= 11 is 1.09. The minimum Gasteiger partial charge on any atom is -0.507 e. The smallest absolute Gasteiger partial charge is 0.335 e. The fourth-order valence-electron chi connectivity index (χ4n) is 4.66. The summed E-state index contributed by atoms with van der Waals surface area (Å²) in [6.07, 6.45) is 3.17. The Hall–Kier alpha value is -4.57. The Kier molecular flexibility index (Phi) is 5.45. The highest BCUT2D eigenvalue weighted by Crippen LogP contribution is 2.44. The largest absolute Gasteiger partial charge is 0.507 e. The fourth-order valence-corrected chi connectivity index (χ4v) is 5.69. The van der Waals surface area contributed by atoms with Crippen molar-refractivity contribution in [1.82, 2.24) is 9.97 Å². The lowest BCUT2D eigenvalue weighted by Crippen LogP contribution is -2.29. The molecule has 1 unspecified atom stereocenters. The number of thiazole rings is 1. The van der Waals surface area contributed by atoms with Gasteiger partial charge in [-0.3, -0.25) is 19.5 Å². The zero-order valence-corrected chi connectivity index (χ0v) is 20.1. The van der Waals surface area contributed by atoms with E-state index in [1.54, 1.807) is 48.7 Å². The molecule has 0 aliphatic carbocycles. The van der Waals surface area contributed by atoms with Crippen molar-refractivity contribution < 1.29 is 29.3 Å². The van der Waals surface area contributed by atoms with Crippen molar-refractivity contribution in [1.29, 1.82) is 0 Å². The molecule has 2 aromatic heterocycles. The van der Waals surface area contributed by atoms with Crippen molar-refractivity contribution in [2.75, 3.05) is 11.5 Å². The molecule has 4 heterocycles. The van der Waals surface area contributed by atoms with Gasteiger partial charge in [-0.25, -0.2) is 9.78 Å². The number of benzene rings is 2. The molecule has 37 heavy (non-hydrogen) atoms. The van der Waals surface area contributed by atoms with Crippen LogP contribution in [-0.2, 0) is 16.0 Å². The zero-order valence-electron chi connectivity index (χ0n) is 19.2. The molecular weight excluding hydrogens is 494 g/mol. The molecule has 184 valence electrons. The number of aliphatic hydroxyl groups excluding tert-OH is 1. The summed E-state index contributed by atoms with van der Waals surface area (Å²) in [5, 5.41) is 20.9. The minimum atomic E-state index is -1.08. The van der Waals surface area contributed by atoms with Gasteiger partial charge in [0.25, 0.3) is 5.78 Å². The minimum absolute atomic E-state index is 0.0856. The number of pyridine rings is 1. The van der Waals surface area contributed by atoms with E-state index in [0.29, 0.717) is 28.1 Å². The molecule has 2 N–H and O–H groups in total. The molecule has 0 saturated carbocycles. The number of Topliss-reactive ketones (excluding diaryl/α,β-unsaturated/α-hetero) is 1. The van der Waals surface area contributed by atoms with Gasteiger partial charge < -0.3 is 14.9 Å². The van der Waals surface area contributed by atoms with Crippen LogP contribution in [0.2, 0.25) is 0 Å².